The second-order valence-corrected chi connectivity index (χ2v) is 6.03. The average molecular weight is 403 g/mol. The Hall–Kier alpha value is -2.60. The Morgan fingerprint density at radius 2 is 2.12 bits per heavy atom. The number of hydrogen-bond acceptors (Lipinski definition) is 4. The quantitative estimate of drug-likeness (QED) is 0.415. The fourth-order valence-electron chi connectivity index (χ4n) is 2.07. The topological polar surface area (TPSA) is 59.9 Å². The standard InChI is InChI=1S/C19H19BrN2O3/c1-3-5-14-8-9-17(18(11-14)24-2)25-13-19(23)22-21-12-15-6-4-7-16(20)10-15/h3-4,6-12H,1,5,13H2,2H3,(H,22,23)/b21-12+. The maximum Gasteiger partial charge on any atom is 0.277 e. The maximum absolute atomic E-state index is 11.8. The number of nitrogens with one attached hydrogen (secondary N) is 1. The largest absolute Gasteiger partial charge is 0.493 e. The third kappa shape index (κ3) is 6.08. The van der Waals surface area contributed by atoms with E-state index in [2.05, 4.69) is 33.0 Å². The molecule has 0 aliphatic carbocycles. The van der Waals surface area contributed by atoms with Gasteiger partial charge in [-0.25, -0.2) is 5.43 Å². The number of carbonyl (C=O) groups excluding carboxylic acids is 1. The molecule has 5 nitrogen and oxygen atoms in total. The minimum absolute atomic E-state index is 0.160. The minimum Gasteiger partial charge on any atom is -0.493 e. The molecular formula is C19H19BrN2O3. The predicted molar refractivity (Wildman–Crippen MR) is 102 cm³/mol. The number of amides is 1. The lowest BCUT2D eigenvalue weighted by atomic mass is 10.1. The first-order chi connectivity index (χ1) is 12.1. The Bertz CT molecular complexity index is 775. The number of allylic oxidation sites excluding steroid dienone is 1. The van der Waals surface area contributed by atoms with E-state index in [0.717, 1.165) is 22.0 Å². The number of hydrazone groups is 1. The summed E-state index contributed by atoms with van der Waals surface area (Å²) >= 11 is 3.38. The van der Waals surface area contributed by atoms with Gasteiger partial charge in [0.05, 0.1) is 13.3 Å². The number of carbonyl (C=O) groups is 1. The average Bonchev–Trinajstić information content (AvgIpc) is 2.61. The highest BCUT2D eigenvalue weighted by Crippen LogP contribution is 2.28. The van der Waals surface area contributed by atoms with Crippen molar-refractivity contribution in [2.24, 2.45) is 5.10 Å². The van der Waals surface area contributed by atoms with Gasteiger partial charge in [0, 0.05) is 4.47 Å². The summed E-state index contributed by atoms with van der Waals surface area (Å²) in [5.41, 5.74) is 4.35. The normalized spacial score (nSPS) is 10.5. The molecule has 0 spiro atoms. The molecule has 0 aliphatic rings. The van der Waals surface area contributed by atoms with E-state index >= 15 is 0 Å². The fourth-order valence-corrected chi connectivity index (χ4v) is 2.48. The Kier molecular flexibility index (Phi) is 7.22. The minimum atomic E-state index is -0.358. The van der Waals surface area contributed by atoms with Crippen LogP contribution in [0.15, 0.2) is 64.7 Å². The molecule has 0 fully saturated rings. The first kappa shape index (κ1) is 18.7. The molecule has 1 N–H and O–H groups in total. The smallest absolute Gasteiger partial charge is 0.277 e. The van der Waals surface area contributed by atoms with Gasteiger partial charge in [-0.15, -0.1) is 6.58 Å². The molecule has 2 rings (SSSR count). The summed E-state index contributed by atoms with van der Waals surface area (Å²) in [4.78, 5) is 11.8. The number of methoxy groups -OCH3 is 1. The first-order valence-electron chi connectivity index (χ1n) is 7.60. The highest BCUT2D eigenvalue weighted by Gasteiger charge is 2.08. The van der Waals surface area contributed by atoms with Crippen LogP contribution in [0.3, 0.4) is 0 Å². The molecule has 0 aliphatic heterocycles. The molecule has 130 valence electrons. The molecule has 0 saturated carbocycles. The molecule has 2 aromatic carbocycles. The van der Waals surface area contributed by atoms with Crippen molar-refractivity contribution in [2.45, 2.75) is 6.42 Å². The SMILES string of the molecule is C=CCc1ccc(OCC(=O)N/N=C/c2cccc(Br)c2)c(OC)c1. The molecule has 0 radical (unpaired) electrons. The molecule has 1 amide bonds. The number of hydrogen-bond donors (Lipinski definition) is 1. The lowest BCUT2D eigenvalue weighted by Gasteiger charge is -2.11. The molecule has 25 heavy (non-hydrogen) atoms. The Labute approximate surface area is 155 Å². The number of halogens is 1. The summed E-state index contributed by atoms with van der Waals surface area (Å²) in [6.07, 6.45) is 4.11. The van der Waals surface area contributed by atoms with Crippen LogP contribution >= 0.6 is 15.9 Å². The number of ether oxygens (including phenoxy) is 2. The molecule has 0 saturated heterocycles. The van der Waals surface area contributed by atoms with Gasteiger partial charge in [0.15, 0.2) is 18.1 Å². The van der Waals surface area contributed by atoms with E-state index in [1.807, 2.05) is 42.5 Å². The molecule has 0 heterocycles. The zero-order chi connectivity index (χ0) is 18.1. The van der Waals surface area contributed by atoms with Crippen molar-refractivity contribution in [1.29, 1.82) is 0 Å². The summed E-state index contributed by atoms with van der Waals surface area (Å²) in [6, 6.07) is 13.1. The van der Waals surface area contributed by atoms with Crippen molar-refractivity contribution < 1.29 is 14.3 Å². The van der Waals surface area contributed by atoms with E-state index < -0.39 is 0 Å². The van der Waals surface area contributed by atoms with Gasteiger partial charge in [-0.05, 0) is 41.8 Å². The van der Waals surface area contributed by atoms with Gasteiger partial charge >= 0.3 is 0 Å². The first-order valence-corrected chi connectivity index (χ1v) is 8.39. The molecule has 0 unspecified atom stereocenters. The molecular weight excluding hydrogens is 384 g/mol. The van der Waals surface area contributed by atoms with Crippen LogP contribution in [0.25, 0.3) is 0 Å². The number of benzene rings is 2. The lowest BCUT2D eigenvalue weighted by Crippen LogP contribution is -2.24. The van der Waals surface area contributed by atoms with Crippen molar-refractivity contribution in [3.63, 3.8) is 0 Å². The third-order valence-corrected chi connectivity index (χ3v) is 3.71. The van der Waals surface area contributed by atoms with Crippen LogP contribution in [0.1, 0.15) is 11.1 Å². The van der Waals surface area contributed by atoms with Crippen molar-refractivity contribution in [3.05, 3.63) is 70.7 Å². The second kappa shape index (κ2) is 9.64. The van der Waals surface area contributed by atoms with Crippen LogP contribution in [-0.2, 0) is 11.2 Å². The zero-order valence-electron chi connectivity index (χ0n) is 13.9. The van der Waals surface area contributed by atoms with E-state index in [1.165, 1.54) is 0 Å². The Balaban J connectivity index is 1.88. The molecule has 0 bridgehead atoms. The van der Waals surface area contributed by atoms with Gasteiger partial charge in [0.1, 0.15) is 0 Å². The molecule has 0 atom stereocenters. The van der Waals surface area contributed by atoms with Gasteiger partial charge in [0.2, 0.25) is 0 Å². The van der Waals surface area contributed by atoms with Gasteiger partial charge in [0.25, 0.3) is 5.91 Å². The highest BCUT2D eigenvalue weighted by atomic mass is 79.9. The van der Waals surface area contributed by atoms with Crippen LogP contribution in [0.4, 0.5) is 0 Å². The van der Waals surface area contributed by atoms with Crippen molar-refractivity contribution in [2.75, 3.05) is 13.7 Å². The van der Waals surface area contributed by atoms with E-state index in [0.29, 0.717) is 11.5 Å². The van der Waals surface area contributed by atoms with Crippen LogP contribution in [0.5, 0.6) is 11.5 Å². The van der Waals surface area contributed by atoms with E-state index in [1.54, 1.807) is 19.4 Å². The summed E-state index contributed by atoms with van der Waals surface area (Å²) in [5, 5.41) is 3.91. The van der Waals surface area contributed by atoms with Crippen molar-refractivity contribution in [1.82, 2.24) is 5.43 Å². The van der Waals surface area contributed by atoms with Gasteiger partial charge in [-0.2, -0.15) is 5.10 Å². The number of nitrogens with zero attached hydrogens (tertiary/aromatic N) is 1. The molecule has 6 heteroatoms. The summed E-state index contributed by atoms with van der Waals surface area (Å²) in [6.45, 7) is 3.55. The fraction of sp³-hybridized carbons (Fsp3) is 0.158. The van der Waals surface area contributed by atoms with Gasteiger partial charge in [-0.1, -0.05) is 40.2 Å². The summed E-state index contributed by atoms with van der Waals surface area (Å²) in [7, 11) is 1.56. The number of rotatable bonds is 8. The predicted octanol–water partition coefficient (Wildman–Crippen LogP) is 3.72. The molecule has 2 aromatic rings. The van der Waals surface area contributed by atoms with Crippen LogP contribution in [0, 0.1) is 0 Å². The van der Waals surface area contributed by atoms with Crippen LogP contribution in [0.2, 0.25) is 0 Å². The van der Waals surface area contributed by atoms with Crippen molar-refractivity contribution >= 4 is 28.1 Å². The van der Waals surface area contributed by atoms with Gasteiger partial charge in [-0.3, -0.25) is 4.79 Å². The zero-order valence-corrected chi connectivity index (χ0v) is 15.5. The monoisotopic (exact) mass is 402 g/mol. The van der Waals surface area contributed by atoms with Crippen LogP contribution < -0.4 is 14.9 Å². The van der Waals surface area contributed by atoms with E-state index in [4.69, 9.17) is 9.47 Å². The summed E-state index contributed by atoms with van der Waals surface area (Å²) < 4.78 is 11.7. The molecule has 0 aromatic heterocycles. The Morgan fingerprint density at radius 1 is 1.28 bits per heavy atom. The maximum atomic E-state index is 11.8. The Morgan fingerprint density at radius 3 is 2.84 bits per heavy atom. The third-order valence-electron chi connectivity index (χ3n) is 3.22. The highest BCUT2D eigenvalue weighted by molar-refractivity contribution is 9.10. The van der Waals surface area contributed by atoms with E-state index in [9.17, 15) is 4.79 Å². The van der Waals surface area contributed by atoms with Crippen molar-refractivity contribution in [3.8, 4) is 11.5 Å². The van der Waals surface area contributed by atoms with Crippen LogP contribution in [-0.4, -0.2) is 25.8 Å². The lowest BCUT2D eigenvalue weighted by molar-refractivity contribution is -0.123. The van der Waals surface area contributed by atoms with E-state index in [-0.39, 0.29) is 12.5 Å². The van der Waals surface area contributed by atoms with Gasteiger partial charge < -0.3 is 9.47 Å². The summed E-state index contributed by atoms with van der Waals surface area (Å²) in [5.74, 6) is 0.717. The second-order valence-electron chi connectivity index (χ2n) is 5.11.